The molecule has 3 N–H and O–H groups in total. The van der Waals surface area contributed by atoms with Crippen LogP contribution >= 0.6 is 0 Å². The van der Waals surface area contributed by atoms with Gasteiger partial charge in [-0.25, -0.2) is 9.48 Å². The van der Waals surface area contributed by atoms with Crippen molar-refractivity contribution in [3.8, 4) is 0 Å². The molecule has 0 bridgehead atoms. The van der Waals surface area contributed by atoms with Gasteiger partial charge in [0, 0.05) is 6.04 Å². The molecule has 1 saturated carbocycles. The molecule has 0 radical (unpaired) electrons. The molecule has 1 aromatic heterocycles. The molecule has 1 fully saturated rings. The van der Waals surface area contributed by atoms with Crippen molar-refractivity contribution in [1.29, 1.82) is 0 Å². The monoisotopic (exact) mass is 280 g/mol. The highest BCUT2D eigenvalue weighted by Gasteiger charge is 2.32. The summed E-state index contributed by atoms with van der Waals surface area (Å²) in [6.07, 6.45) is 2.44. The molecule has 1 aliphatic rings. The lowest BCUT2D eigenvalue weighted by atomic mass is 10.1. The van der Waals surface area contributed by atoms with E-state index in [1.807, 2.05) is 20.8 Å². The third-order valence-electron chi connectivity index (χ3n) is 3.64. The Hall–Kier alpha value is -1.72. The van der Waals surface area contributed by atoms with Gasteiger partial charge in [-0.3, -0.25) is 0 Å². The molecule has 0 aromatic carbocycles. The van der Waals surface area contributed by atoms with Gasteiger partial charge in [-0.15, -0.1) is 0 Å². The lowest BCUT2D eigenvalue weighted by Crippen LogP contribution is -2.25. The van der Waals surface area contributed by atoms with Crippen LogP contribution in [0.15, 0.2) is 0 Å². The molecule has 0 spiro atoms. The minimum atomic E-state index is -0.455. The largest absolute Gasteiger partial charge is 0.465 e. The molecular weight excluding hydrogens is 256 g/mol. The number of methoxy groups -OCH3 is 1. The number of nitrogens with zero attached hydrogens (tertiary/aromatic N) is 2. The first kappa shape index (κ1) is 14.7. The smallest absolute Gasteiger partial charge is 0.345 e. The Labute approximate surface area is 119 Å². The van der Waals surface area contributed by atoms with Gasteiger partial charge in [0.2, 0.25) is 0 Å². The number of hydrogen-bond donors (Lipinski definition) is 2. The summed E-state index contributed by atoms with van der Waals surface area (Å²) in [6, 6.07) is 0.279. The predicted octanol–water partition coefficient (Wildman–Crippen LogP) is 2.22. The minimum Gasteiger partial charge on any atom is -0.465 e. The van der Waals surface area contributed by atoms with Crippen molar-refractivity contribution in [3.63, 3.8) is 0 Å². The molecule has 1 unspecified atom stereocenters. The van der Waals surface area contributed by atoms with Crippen molar-refractivity contribution in [2.45, 2.75) is 52.1 Å². The van der Waals surface area contributed by atoms with Crippen LogP contribution in [0.1, 0.15) is 50.9 Å². The van der Waals surface area contributed by atoms with Crippen LogP contribution in [0.25, 0.3) is 0 Å². The molecule has 1 heterocycles. The molecular formula is C14H24N4O2. The van der Waals surface area contributed by atoms with E-state index in [4.69, 9.17) is 10.5 Å². The lowest BCUT2D eigenvalue weighted by molar-refractivity contribution is 0.0603. The number of nitrogen functional groups attached to an aromatic ring is 1. The number of rotatable bonds is 4. The van der Waals surface area contributed by atoms with Gasteiger partial charge < -0.3 is 15.8 Å². The summed E-state index contributed by atoms with van der Waals surface area (Å²) in [5.74, 6) is 1.06. The highest BCUT2D eigenvalue weighted by molar-refractivity contribution is 5.99. The summed E-state index contributed by atoms with van der Waals surface area (Å²) in [5.41, 5.74) is 6.13. The van der Waals surface area contributed by atoms with Gasteiger partial charge >= 0.3 is 5.97 Å². The summed E-state index contributed by atoms with van der Waals surface area (Å²) in [7, 11) is 1.35. The molecule has 1 aliphatic carbocycles. The second-order valence-electron chi connectivity index (χ2n) is 6.45. The number of esters is 1. The maximum atomic E-state index is 12.0. The van der Waals surface area contributed by atoms with E-state index in [9.17, 15) is 4.79 Å². The van der Waals surface area contributed by atoms with Crippen molar-refractivity contribution in [2.24, 2.45) is 5.92 Å². The van der Waals surface area contributed by atoms with Crippen LogP contribution in [0.3, 0.4) is 0 Å². The molecule has 20 heavy (non-hydrogen) atoms. The van der Waals surface area contributed by atoms with E-state index in [1.165, 1.54) is 20.0 Å². The summed E-state index contributed by atoms with van der Waals surface area (Å²) in [4.78, 5) is 12.0. The quantitative estimate of drug-likeness (QED) is 0.826. The average molecular weight is 280 g/mol. The topological polar surface area (TPSA) is 82.2 Å². The van der Waals surface area contributed by atoms with Crippen molar-refractivity contribution >= 4 is 17.6 Å². The van der Waals surface area contributed by atoms with E-state index in [1.54, 1.807) is 4.68 Å². The number of nitrogens with two attached hydrogens (primary N) is 1. The molecule has 0 saturated heterocycles. The Morgan fingerprint density at radius 2 is 2.10 bits per heavy atom. The second-order valence-corrected chi connectivity index (χ2v) is 6.45. The molecule has 1 atom stereocenters. The van der Waals surface area contributed by atoms with Gasteiger partial charge in [0.1, 0.15) is 11.4 Å². The Morgan fingerprint density at radius 1 is 1.50 bits per heavy atom. The van der Waals surface area contributed by atoms with Crippen molar-refractivity contribution in [2.75, 3.05) is 18.2 Å². The number of anilines is 2. The van der Waals surface area contributed by atoms with Gasteiger partial charge in [-0.1, -0.05) is 0 Å². The Kier molecular flexibility index (Phi) is 3.67. The zero-order chi connectivity index (χ0) is 15.1. The van der Waals surface area contributed by atoms with Gasteiger partial charge in [-0.2, -0.15) is 5.10 Å². The molecule has 2 rings (SSSR count). The minimum absolute atomic E-state index is 0.279. The number of carbonyl (C=O) groups is 1. The van der Waals surface area contributed by atoms with Crippen molar-refractivity contribution < 1.29 is 9.53 Å². The Morgan fingerprint density at radius 3 is 2.55 bits per heavy atom. The molecule has 0 amide bonds. The zero-order valence-corrected chi connectivity index (χ0v) is 12.9. The Bertz CT molecular complexity index is 512. The maximum Gasteiger partial charge on any atom is 0.345 e. The number of carbonyl (C=O) groups excluding carboxylic acids is 1. The standard InChI is InChI=1S/C14H24N4O2/c1-8(9-6-7-9)16-12-10(13(19)20-5)11(15)18(17-12)14(2,3)4/h8-9H,6-7,15H2,1-5H3,(H,16,17). The van der Waals surface area contributed by atoms with Gasteiger partial charge in [-0.05, 0) is 46.5 Å². The van der Waals surface area contributed by atoms with Crippen LogP contribution < -0.4 is 11.1 Å². The Balaban J connectivity index is 2.39. The maximum absolute atomic E-state index is 12.0. The van der Waals surface area contributed by atoms with E-state index in [0.29, 0.717) is 23.1 Å². The summed E-state index contributed by atoms with van der Waals surface area (Å²) < 4.78 is 6.50. The molecule has 6 heteroatoms. The normalized spacial score (nSPS) is 16.9. The molecule has 112 valence electrons. The fraction of sp³-hybridized carbons (Fsp3) is 0.714. The number of hydrogen-bond acceptors (Lipinski definition) is 5. The molecule has 6 nitrogen and oxygen atoms in total. The fourth-order valence-corrected chi connectivity index (χ4v) is 2.28. The van der Waals surface area contributed by atoms with E-state index < -0.39 is 5.97 Å². The van der Waals surface area contributed by atoms with Crippen LogP contribution in [0.4, 0.5) is 11.6 Å². The first-order chi connectivity index (χ1) is 9.25. The van der Waals surface area contributed by atoms with Crippen LogP contribution in [0.5, 0.6) is 0 Å². The third kappa shape index (κ3) is 2.73. The first-order valence-corrected chi connectivity index (χ1v) is 6.99. The predicted molar refractivity (Wildman–Crippen MR) is 78.8 cm³/mol. The van der Waals surface area contributed by atoms with Crippen LogP contribution in [0.2, 0.25) is 0 Å². The van der Waals surface area contributed by atoms with E-state index in [0.717, 1.165) is 0 Å². The highest BCUT2D eigenvalue weighted by Crippen LogP contribution is 2.35. The van der Waals surface area contributed by atoms with Crippen LogP contribution in [0, 0.1) is 5.92 Å². The zero-order valence-electron chi connectivity index (χ0n) is 12.9. The van der Waals surface area contributed by atoms with Gasteiger partial charge in [0.15, 0.2) is 5.82 Å². The highest BCUT2D eigenvalue weighted by atomic mass is 16.5. The van der Waals surface area contributed by atoms with E-state index in [2.05, 4.69) is 17.3 Å². The van der Waals surface area contributed by atoms with Gasteiger partial charge in [0.25, 0.3) is 0 Å². The third-order valence-corrected chi connectivity index (χ3v) is 3.64. The number of aromatic nitrogens is 2. The lowest BCUT2D eigenvalue weighted by Gasteiger charge is -2.20. The second kappa shape index (κ2) is 5.00. The SMILES string of the molecule is COC(=O)c1c(NC(C)C2CC2)nn(C(C)(C)C)c1N. The molecule has 0 aliphatic heterocycles. The number of nitrogens with one attached hydrogen (secondary N) is 1. The first-order valence-electron chi connectivity index (χ1n) is 6.99. The van der Waals surface area contributed by atoms with Crippen molar-refractivity contribution in [3.05, 3.63) is 5.56 Å². The summed E-state index contributed by atoms with van der Waals surface area (Å²) in [6.45, 7) is 8.08. The number of ether oxygens (including phenoxy) is 1. The van der Waals surface area contributed by atoms with Crippen molar-refractivity contribution in [1.82, 2.24) is 9.78 Å². The van der Waals surface area contributed by atoms with E-state index in [-0.39, 0.29) is 11.6 Å². The van der Waals surface area contributed by atoms with Gasteiger partial charge in [0.05, 0.1) is 12.6 Å². The average Bonchev–Trinajstić information content (AvgIpc) is 3.13. The summed E-state index contributed by atoms with van der Waals surface area (Å²) >= 11 is 0. The van der Waals surface area contributed by atoms with Crippen LogP contribution in [-0.2, 0) is 10.3 Å². The fourth-order valence-electron chi connectivity index (χ4n) is 2.28. The van der Waals surface area contributed by atoms with E-state index >= 15 is 0 Å². The van der Waals surface area contributed by atoms with Crippen LogP contribution in [-0.4, -0.2) is 28.9 Å². The molecule has 1 aromatic rings. The summed E-state index contributed by atoms with van der Waals surface area (Å²) in [5, 5.41) is 7.79.